The van der Waals surface area contributed by atoms with Gasteiger partial charge in [-0.15, -0.1) is 0 Å². The maximum atomic E-state index is 11.8. The number of hydrogen-bond acceptors (Lipinski definition) is 3. The van der Waals surface area contributed by atoms with Crippen molar-refractivity contribution in [3.63, 3.8) is 0 Å². The monoisotopic (exact) mass is 233 g/mol. The van der Waals surface area contributed by atoms with Crippen LogP contribution < -0.4 is 10.6 Å². The van der Waals surface area contributed by atoms with Gasteiger partial charge in [0.25, 0.3) is 5.91 Å². The van der Waals surface area contributed by atoms with Crippen LogP contribution in [0, 0.1) is 11.8 Å². The van der Waals surface area contributed by atoms with Crippen molar-refractivity contribution in [1.82, 2.24) is 10.3 Å². The van der Waals surface area contributed by atoms with Crippen molar-refractivity contribution >= 4 is 11.6 Å². The van der Waals surface area contributed by atoms with E-state index in [-0.39, 0.29) is 5.91 Å². The summed E-state index contributed by atoms with van der Waals surface area (Å²) in [6, 6.07) is 3.59. The van der Waals surface area contributed by atoms with Crippen LogP contribution in [0.1, 0.15) is 30.3 Å². The van der Waals surface area contributed by atoms with Crippen molar-refractivity contribution in [3.8, 4) is 0 Å². The molecule has 1 unspecified atom stereocenters. The van der Waals surface area contributed by atoms with Crippen molar-refractivity contribution in [2.75, 3.05) is 18.9 Å². The minimum absolute atomic E-state index is 0.0832. The molecule has 2 N–H and O–H groups in total. The molecule has 1 aromatic heterocycles. The summed E-state index contributed by atoms with van der Waals surface area (Å²) in [5.74, 6) is 1.31. The Morgan fingerprint density at radius 1 is 1.53 bits per heavy atom. The van der Waals surface area contributed by atoms with Crippen LogP contribution >= 0.6 is 0 Å². The molecule has 4 nitrogen and oxygen atoms in total. The van der Waals surface area contributed by atoms with Crippen molar-refractivity contribution in [2.24, 2.45) is 11.8 Å². The molecular weight excluding hydrogens is 214 g/mol. The first-order valence-corrected chi connectivity index (χ1v) is 6.12. The minimum atomic E-state index is -0.0832. The molecule has 1 aliphatic rings. The zero-order chi connectivity index (χ0) is 12.3. The van der Waals surface area contributed by atoms with Crippen LogP contribution in [0.4, 0.5) is 5.69 Å². The predicted octanol–water partition coefficient (Wildman–Crippen LogP) is 1.90. The van der Waals surface area contributed by atoms with E-state index in [0.29, 0.717) is 11.6 Å². The second-order valence-electron chi connectivity index (χ2n) is 4.71. The number of nitrogens with one attached hydrogen (secondary N) is 2. The maximum Gasteiger partial charge on any atom is 0.269 e. The van der Waals surface area contributed by atoms with Crippen molar-refractivity contribution in [1.29, 1.82) is 0 Å². The minimum Gasteiger partial charge on any atom is -0.387 e. The lowest BCUT2D eigenvalue weighted by Crippen LogP contribution is -2.29. The molecule has 0 aliphatic heterocycles. The molecule has 4 heteroatoms. The Hall–Kier alpha value is -1.58. The quantitative estimate of drug-likeness (QED) is 0.816. The third-order valence-corrected chi connectivity index (χ3v) is 3.30. The normalized spacial score (nSPS) is 16.4. The van der Waals surface area contributed by atoms with E-state index in [1.807, 2.05) is 13.1 Å². The highest BCUT2D eigenvalue weighted by molar-refractivity contribution is 5.92. The number of carbonyl (C=O) groups excluding carboxylic acids is 1. The summed E-state index contributed by atoms with van der Waals surface area (Å²) in [6.45, 7) is 2.94. The number of hydrogen-bond donors (Lipinski definition) is 2. The summed E-state index contributed by atoms with van der Waals surface area (Å²) in [7, 11) is 1.83. The molecule has 1 atom stereocenters. The SMILES string of the molecule is CNc1ccc(C(=O)NCC(C)C2CC2)nc1. The summed E-state index contributed by atoms with van der Waals surface area (Å²) in [5, 5.41) is 5.91. The predicted molar refractivity (Wildman–Crippen MR) is 68.0 cm³/mol. The summed E-state index contributed by atoms with van der Waals surface area (Å²) in [4.78, 5) is 15.9. The van der Waals surface area contributed by atoms with Gasteiger partial charge < -0.3 is 10.6 Å². The molecule has 1 aromatic rings. The molecule has 0 saturated heterocycles. The third-order valence-electron chi connectivity index (χ3n) is 3.30. The number of aromatic nitrogens is 1. The highest BCUT2D eigenvalue weighted by atomic mass is 16.1. The number of carbonyl (C=O) groups is 1. The molecule has 0 radical (unpaired) electrons. The maximum absolute atomic E-state index is 11.8. The molecule has 0 spiro atoms. The average molecular weight is 233 g/mol. The van der Waals surface area contributed by atoms with E-state index in [0.717, 1.165) is 18.2 Å². The van der Waals surface area contributed by atoms with Gasteiger partial charge in [0.15, 0.2) is 0 Å². The first kappa shape index (κ1) is 11.9. The smallest absolute Gasteiger partial charge is 0.269 e. The second kappa shape index (κ2) is 5.17. The Labute approximate surface area is 102 Å². The van der Waals surface area contributed by atoms with Crippen molar-refractivity contribution in [3.05, 3.63) is 24.0 Å². The van der Waals surface area contributed by atoms with Crippen LogP contribution in [0.5, 0.6) is 0 Å². The van der Waals surface area contributed by atoms with Crippen LogP contribution in [-0.4, -0.2) is 24.5 Å². The van der Waals surface area contributed by atoms with E-state index in [2.05, 4.69) is 22.5 Å². The fourth-order valence-electron chi connectivity index (χ4n) is 1.85. The van der Waals surface area contributed by atoms with Gasteiger partial charge in [0, 0.05) is 13.6 Å². The first-order valence-electron chi connectivity index (χ1n) is 6.12. The van der Waals surface area contributed by atoms with Gasteiger partial charge in [0.05, 0.1) is 11.9 Å². The van der Waals surface area contributed by atoms with Gasteiger partial charge in [0.2, 0.25) is 0 Å². The Balaban J connectivity index is 1.85. The van der Waals surface area contributed by atoms with E-state index in [1.165, 1.54) is 12.8 Å². The average Bonchev–Trinajstić information content (AvgIpc) is 3.20. The molecule has 1 heterocycles. The Bertz CT molecular complexity index is 384. The summed E-state index contributed by atoms with van der Waals surface area (Å²) >= 11 is 0. The van der Waals surface area contributed by atoms with Crippen molar-refractivity contribution in [2.45, 2.75) is 19.8 Å². The van der Waals surface area contributed by atoms with E-state index in [4.69, 9.17) is 0 Å². The van der Waals surface area contributed by atoms with Crippen LogP contribution in [0.2, 0.25) is 0 Å². The molecule has 2 rings (SSSR count). The first-order chi connectivity index (χ1) is 8.20. The molecule has 1 fully saturated rings. The molecule has 0 bridgehead atoms. The van der Waals surface area contributed by atoms with E-state index >= 15 is 0 Å². The summed E-state index contributed by atoms with van der Waals surface area (Å²) in [6.07, 6.45) is 4.29. The second-order valence-corrected chi connectivity index (χ2v) is 4.71. The number of pyridine rings is 1. The molecule has 92 valence electrons. The standard InChI is InChI=1S/C13H19N3O/c1-9(10-3-4-10)7-16-13(17)12-6-5-11(14-2)8-15-12/h5-6,8-10,14H,3-4,7H2,1-2H3,(H,16,17). The fourth-order valence-corrected chi connectivity index (χ4v) is 1.85. The molecule has 17 heavy (non-hydrogen) atoms. The van der Waals surface area contributed by atoms with Gasteiger partial charge in [-0.1, -0.05) is 6.92 Å². The lowest BCUT2D eigenvalue weighted by molar-refractivity contribution is 0.0942. The van der Waals surface area contributed by atoms with E-state index in [9.17, 15) is 4.79 Å². The number of anilines is 1. The van der Waals surface area contributed by atoms with Crippen molar-refractivity contribution < 1.29 is 4.79 Å². The summed E-state index contributed by atoms with van der Waals surface area (Å²) < 4.78 is 0. The zero-order valence-electron chi connectivity index (χ0n) is 10.4. The molecular formula is C13H19N3O. The van der Waals surface area contributed by atoms with Gasteiger partial charge in [-0.3, -0.25) is 4.79 Å². The van der Waals surface area contributed by atoms with Crippen LogP contribution in [-0.2, 0) is 0 Å². The lowest BCUT2D eigenvalue weighted by atomic mass is 10.1. The Kier molecular flexibility index (Phi) is 3.61. The molecule has 1 saturated carbocycles. The number of nitrogens with zero attached hydrogens (tertiary/aromatic N) is 1. The topological polar surface area (TPSA) is 54.0 Å². The van der Waals surface area contributed by atoms with E-state index < -0.39 is 0 Å². The van der Waals surface area contributed by atoms with Gasteiger partial charge in [-0.05, 0) is 36.8 Å². The highest BCUT2D eigenvalue weighted by Crippen LogP contribution is 2.36. The highest BCUT2D eigenvalue weighted by Gasteiger charge is 2.27. The van der Waals surface area contributed by atoms with Gasteiger partial charge in [-0.25, -0.2) is 4.98 Å². The van der Waals surface area contributed by atoms with E-state index in [1.54, 1.807) is 12.3 Å². The molecule has 1 amide bonds. The fraction of sp³-hybridized carbons (Fsp3) is 0.538. The molecule has 0 aromatic carbocycles. The van der Waals surface area contributed by atoms with Gasteiger partial charge >= 0.3 is 0 Å². The zero-order valence-corrected chi connectivity index (χ0v) is 10.4. The number of amides is 1. The lowest BCUT2D eigenvalue weighted by Gasteiger charge is -2.11. The third kappa shape index (κ3) is 3.19. The largest absolute Gasteiger partial charge is 0.387 e. The van der Waals surface area contributed by atoms with Gasteiger partial charge in [0.1, 0.15) is 5.69 Å². The molecule has 1 aliphatic carbocycles. The van der Waals surface area contributed by atoms with Gasteiger partial charge in [-0.2, -0.15) is 0 Å². The number of rotatable bonds is 5. The Morgan fingerprint density at radius 3 is 2.82 bits per heavy atom. The van der Waals surface area contributed by atoms with Crippen LogP contribution in [0.15, 0.2) is 18.3 Å². The van der Waals surface area contributed by atoms with Crippen LogP contribution in [0.3, 0.4) is 0 Å². The summed E-state index contributed by atoms with van der Waals surface area (Å²) in [5.41, 5.74) is 1.39. The Morgan fingerprint density at radius 2 is 2.29 bits per heavy atom. The van der Waals surface area contributed by atoms with Crippen LogP contribution in [0.25, 0.3) is 0 Å².